The minimum atomic E-state index is -2.78. The van der Waals surface area contributed by atoms with Gasteiger partial charge in [0.2, 0.25) is 0 Å². The number of carbonyl (C=O) groups is 1. The molecular formula is C24H25FN2O3. The van der Waals surface area contributed by atoms with Gasteiger partial charge in [-0.3, -0.25) is 4.79 Å². The van der Waals surface area contributed by atoms with Gasteiger partial charge in [-0.1, -0.05) is 37.6 Å². The number of methoxy groups -OCH3 is 1. The molecule has 1 aliphatic heterocycles. The van der Waals surface area contributed by atoms with Crippen LogP contribution in [-0.4, -0.2) is 25.3 Å². The fourth-order valence-corrected chi connectivity index (χ4v) is 3.42. The number of amides is 1. The number of hydrogen-bond acceptors (Lipinski definition) is 4. The maximum Gasteiger partial charge on any atom is 0.298 e. The van der Waals surface area contributed by atoms with Crippen molar-refractivity contribution in [2.75, 3.05) is 13.7 Å². The Morgan fingerprint density at radius 2 is 1.73 bits per heavy atom. The SMILES string of the molecule is CCCCOc1ccc([C@]2(C)C=C(c3ccc(OC)cc3)C(F)(C#N)C(=O)N2)cc1. The van der Waals surface area contributed by atoms with Crippen LogP contribution in [0.2, 0.25) is 0 Å². The molecule has 3 rings (SSSR count). The van der Waals surface area contributed by atoms with Crippen LogP contribution in [0.25, 0.3) is 5.57 Å². The van der Waals surface area contributed by atoms with Crippen LogP contribution in [0.1, 0.15) is 37.8 Å². The third kappa shape index (κ3) is 4.02. The average molecular weight is 408 g/mol. The van der Waals surface area contributed by atoms with E-state index in [2.05, 4.69) is 12.2 Å². The van der Waals surface area contributed by atoms with Crippen LogP contribution in [0.4, 0.5) is 4.39 Å². The molecule has 0 saturated heterocycles. The molecule has 5 nitrogen and oxygen atoms in total. The van der Waals surface area contributed by atoms with E-state index in [0.29, 0.717) is 17.9 Å². The van der Waals surface area contributed by atoms with E-state index in [-0.39, 0.29) is 5.57 Å². The van der Waals surface area contributed by atoms with Crippen LogP contribution in [0.3, 0.4) is 0 Å². The number of unbranched alkanes of at least 4 members (excludes halogenated alkanes) is 1. The third-order valence-corrected chi connectivity index (χ3v) is 5.27. The lowest BCUT2D eigenvalue weighted by Crippen LogP contribution is -2.55. The number of rotatable bonds is 7. The van der Waals surface area contributed by atoms with Gasteiger partial charge in [-0.15, -0.1) is 0 Å². The Balaban J connectivity index is 2.00. The standard InChI is InChI=1S/C24H25FN2O3/c1-4-5-14-30-20-12-8-18(9-13-20)23(2)15-21(24(25,16-26)22(28)27-23)17-6-10-19(29-3)11-7-17/h6-13,15H,4-5,14H2,1-3H3,(H,27,28)/t23-,24?/m0/s1. The highest BCUT2D eigenvalue weighted by Gasteiger charge is 2.50. The number of nitriles is 1. The summed E-state index contributed by atoms with van der Waals surface area (Å²) in [6, 6.07) is 15.5. The van der Waals surface area contributed by atoms with Gasteiger partial charge in [0.05, 0.1) is 19.3 Å². The zero-order valence-electron chi connectivity index (χ0n) is 17.4. The zero-order chi connectivity index (χ0) is 21.8. The first-order chi connectivity index (χ1) is 14.4. The number of carbonyl (C=O) groups excluding carboxylic acids is 1. The van der Waals surface area contributed by atoms with Crippen molar-refractivity contribution in [1.29, 1.82) is 5.26 Å². The Kier molecular flexibility index (Phi) is 6.12. The molecule has 2 aromatic rings. The van der Waals surface area contributed by atoms with Crippen molar-refractivity contribution in [3.8, 4) is 17.6 Å². The molecule has 6 heteroatoms. The van der Waals surface area contributed by atoms with Crippen molar-refractivity contribution in [1.82, 2.24) is 5.32 Å². The van der Waals surface area contributed by atoms with E-state index >= 15 is 4.39 Å². The summed E-state index contributed by atoms with van der Waals surface area (Å²) in [5.41, 5.74) is -2.55. The Labute approximate surface area is 176 Å². The van der Waals surface area contributed by atoms with Crippen LogP contribution in [0, 0.1) is 11.3 Å². The highest BCUT2D eigenvalue weighted by Crippen LogP contribution is 2.40. The number of hydrogen-bond donors (Lipinski definition) is 1. The van der Waals surface area contributed by atoms with Crippen molar-refractivity contribution < 1.29 is 18.7 Å². The zero-order valence-corrected chi connectivity index (χ0v) is 17.4. The second-order valence-electron chi connectivity index (χ2n) is 7.44. The number of alkyl halides is 1. The van der Waals surface area contributed by atoms with Crippen LogP contribution in [-0.2, 0) is 10.3 Å². The van der Waals surface area contributed by atoms with Crippen LogP contribution >= 0.6 is 0 Å². The third-order valence-electron chi connectivity index (χ3n) is 5.27. The van der Waals surface area contributed by atoms with E-state index in [1.165, 1.54) is 13.2 Å². The van der Waals surface area contributed by atoms with Gasteiger partial charge < -0.3 is 14.8 Å². The summed E-state index contributed by atoms with van der Waals surface area (Å²) in [7, 11) is 1.53. The van der Waals surface area contributed by atoms with E-state index < -0.39 is 17.1 Å². The van der Waals surface area contributed by atoms with Gasteiger partial charge >= 0.3 is 0 Å². The predicted octanol–water partition coefficient (Wildman–Crippen LogP) is 4.53. The second-order valence-corrected chi connectivity index (χ2v) is 7.44. The minimum Gasteiger partial charge on any atom is -0.497 e. The quantitative estimate of drug-likeness (QED) is 0.683. The van der Waals surface area contributed by atoms with Gasteiger partial charge in [0.25, 0.3) is 11.6 Å². The maximum atomic E-state index is 15.4. The molecule has 0 radical (unpaired) electrons. The lowest BCUT2D eigenvalue weighted by atomic mass is 9.78. The topological polar surface area (TPSA) is 71.3 Å². The summed E-state index contributed by atoms with van der Waals surface area (Å²) in [6.07, 6.45) is 3.62. The molecule has 1 unspecified atom stereocenters. The number of ether oxygens (including phenoxy) is 2. The van der Waals surface area contributed by atoms with Crippen molar-refractivity contribution in [3.05, 3.63) is 65.7 Å². The van der Waals surface area contributed by atoms with Crippen molar-refractivity contribution in [2.24, 2.45) is 0 Å². The first-order valence-electron chi connectivity index (χ1n) is 9.90. The summed E-state index contributed by atoms with van der Waals surface area (Å²) in [6.45, 7) is 4.51. The monoisotopic (exact) mass is 408 g/mol. The Hall–Kier alpha value is -3.33. The van der Waals surface area contributed by atoms with Gasteiger partial charge in [0.15, 0.2) is 0 Å². The fraction of sp³-hybridized carbons (Fsp3) is 0.333. The lowest BCUT2D eigenvalue weighted by molar-refractivity contribution is -0.129. The molecule has 0 aliphatic carbocycles. The highest BCUT2D eigenvalue weighted by molar-refractivity contribution is 6.05. The summed E-state index contributed by atoms with van der Waals surface area (Å²) in [4.78, 5) is 12.7. The Bertz CT molecular complexity index is 979. The number of halogens is 1. The van der Waals surface area contributed by atoms with Gasteiger partial charge in [0.1, 0.15) is 17.6 Å². The van der Waals surface area contributed by atoms with Gasteiger partial charge in [0, 0.05) is 5.57 Å². The second kappa shape index (κ2) is 8.58. The number of benzene rings is 2. The highest BCUT2D eigenvalue weighted by atomic mass is 19.1. The van der Waals surface area contributed by atoms with Crippen molar-refractivity contribution in [3.63, 3.8) is 0 Å². The smallest absolute Gasteiger partial charge is 0.298 e. The van der Waals surface area contributed by atoms with Crippen molar-refractivity contribution >= 4 is 11.5 Å². The molecule has 2 aromatic carbocycles. The molecule has 2 atom stereocenters. The normalized spacial score (nSPS) is 23.2. The van der Waals surface area contributed by atoms with Crippen molar-refractivity contribution in [2.45, 2.75) is 37.9 Å². The number of nitrogens with one attached hydrogen (secondary N) is 1. The predicted molar refractivity (Wildman–Crippen MR) is 113 cm³/mol. The van der Waals surface area contributed by atoms with Crippen LogP contribution in [0.15, 0.2) is 54.6 Å². The van der Waals surface area contributed by atoms with E-state index in [0.717, 1.165) is 24.2 Å². The van der Waals surface area contributed by atoms with Crippen LogP contribution in [0.5, 0.6) is 11.5 Å². The van der Waals surface area contributed by atoms with Gasteiger partial charge in [-0.25, -0.2) is 4.39 Å². The first-order valence-corrected chi connectivity index (χ1v) is 9.90. The van der Waals surface area contributed by atoms with Gasteiger partial charge in [-0.2, -0.15) is 5.26 Å². The molecule has 156 valence electrons. The van der Waals surface area contributed by atoms with E-state index in [4.69, 9.17) is 9.47 Å². The average Bonchev–Trinajstić information content (AvgIpc) is 2.77. The molecule has 0 saturated carbocycles. The molecular weight excluding hydrogens is 383 g/mol. The molecule has 0 bridgehead atoms. The Morgan fingerprint density at radius 1 is 1.10 bits per heavy atom. The van der Waals surface area contributed by atoms with E-state index in [9.17, 15) is 10.1 Å². The molecule has 1 amide bonds. The molecule has 30 heavy (non-hydrogen) atoms. The summed E-state index contributed by atoms with van der Waals surface area (Å²) < 4.78 is 26.3. The van der Waals surface area contributed by atoms with E-state index in [1.807, 2.05) is 24.3 Å². The molecule has 1 N–H and O–H groups in total. The molecule has 0 spiro atoms. The molecule has 0 aromatic heterocycles. The lowest BCUT2D eigenvalue weighted by Gasteiger charge is -2.37. The summed E-state index contributed by atoms with van der Waals surface area (Å²) >= 11 is 0. The molecule has 1 heterocycles. The number of nitrogens with zero attached hydrogens (tertiary/aromatic N) is 1. The van der Waals surface area contributed by atoms with E-state index in [1.54, 1.807) is 37.3 Å². The summed E-state index contributed by atoms with van der Waals surface area (Å²) in [5, 5.41) is 12.1. The first kappa shape index (κ1) is 21.4. The van der Waals surface area contributed by atoms with Crippen LogP contribution < -0.4 is 14.8 Å². The minimum absolute atomic E-state index is 0.0159. The Morgan fingerprint density at radius 3 is 2.30 bits per heavy atom. The summed E-state index contributed by atoms with van der Waals surface area (Å²) in [5.74, 6) is 0.348. The fourth-order valence-electron chi connectivity index (χ4n) is 3.42. The molecule has 1 aliphatic rings. The molecule has 0 fully saturated rings. The maximum absolute atomic E-state index is 15.4. The van der Waals surface area contributed by atoms with Gasteiger partial charge in [-0.05, 0) is 54.8 Å². The largest absolute Gasteiger partial charge is 0.497 e.